The van der Waals surface area contributed by atoms with E-state index < -0.39 is 18.2 Å². The number of hydrogen-bond donors (Lipinski definition) is 2. The van der Waals surface area contributed by atoms with E-state index in [1.54, 1.807) is 6.92 Å². The van der Waals surface area contributed by atoms with E-state index in [0.29, 0.717) is 0 Å². The number of urea groups is 1. The predicted octanol–water partition coefficient (Wildman–Crippen LogP) is 0.983. The zero-order chi connectivity index (χ0) is 15.6. The molecule has 2 atom stereocenters. The molecule has 0 saturated carbocycles. The van der Waals surface area contributed by atoms with Crippen LogP contribution in [0, 0.1) is 13.8 Å². The van der Waals surface area contributed by atoms with Crippen LogP contribution in [-0.4, -0.2) is 47.2 Å². The molecule has 6 nitrogen and oxygen atoms in total. The van der Waals surface area contributed by atoms with Gasteiger partial charge in [0.2, 0.25) is 0 Å². The van der Waals surface area contributed by atoms with E-state index in [-0.39, 0.29) is 19.1 Å². The molecule has 0 unspecified atom stereocenters. The van der Waals surface area contributed by atoms with Gasteiger partial charge in [0.1, 0.15) is 24.5 Å². The number of β-amino-alcohol motifs (C(OH)–C–C–N with tert-alkyl or cyclic N) is 1. The van der Waals surface area contributed by atoms with Crippen LogP contribution in [-0.2, 0) is 4.79 Å². The molecule has 2 rings (SSSR count). The van der Waals surface area contributed by atoms with Crippen molar-refractivity contribution in [1.29, 1.82) is 0 Å². The summed E-state index contributed by atoms with van der Waals surface area (Å²) < 4.78 is 5.62. The Morgan fingerprint density at radius 3 is 2.48 bits per heavy atom. The first-order valence-corrected chi connectivity index (χ1v) is 6.89. The molecule has 0 radical (unpaired) electrons. The highest BCUT2D eigenvalue weighted by Gasteiger charge is 2.36. The SMILES string of the molecule is Cc1cccc(C)c1OC[C@@H](O)CN1C(=O)N[C@H](C)C1=O. The first-order valence-electron chi connectivity index (χ1n) is 6.89. The maximum atomic E-state index is 11.7. The first kappa shape index (κ1) is 15.3. The van der Waals surface area contributed by atoms with Crippen LogP contribution in [0.4, 0.5) is 4.79 Å². The van der Waals surface area contributed by atoms with Gasteiger partial charge >= 0.3 is 6.03 Å². The van der Waals surface area contributed by atoms with Gasteiger partial charge in [0.15, 0.2) is 0 Å². The first-order chi connectivity index (χ1) is 9.90. The number of ether oxygens (including phenoxy) is 1. The number of aryl methyl sites for hydroxylation is 2. The molecule has 21 heavy (non-hydrogen) atoms. The van der Waals surface area contributed by atoms with Gasteiger partial charge in [0, 0.05) is 0 Å². The van der Waals surface area contributed by atoms with Crippen LogP contribution >= 0.6 is 0 Å². The lowest BCUT2D eigenvalue weighted by Crippen LogP contribution is -2.40. The van der Waals surface area contributed by atoms with Gasteiger partial charge < -0.3 is 15.2 Å². The number of carbonyl (C=O) groups excluding carboxylic acids is 2. The number of nitrogens with one attached hydrogen (secondary N) is 1. The normalized spacial score (nSPS) is 19.6. The maximum absolute atomic E-state index is 11.7. The van der Waals surface area contributed by atoms with Gasteiger partial charge in [-0.15, -0.1) is 0 Å². The Morgan fingerprint density at radius 2 is 1.95 bits per heavy atom. The number of nitrogens with zero attached hydrogens (tertiary/aromatic N) is 1. The van der Waals surface area contributed by atoms with Crippen LogP contribution in [0.3, 0.4) is 0 Å². The van der Waals surface area contributed by atoms with Gasteiger partial charge in [0.25, 0.3) is 5.91 Å². The van der Waals surface area contributed by atoms with Crippen molar-refractivity contribution < 1.29 is 19.4 Å². The van der Waals surface area contributed by atoms with E-state index in [9.17, 15) is 14.7 Å². The monoisotopic (exact) mass is 292 g/mol. The lowest BCUT2D eigenvalue weighted by Gasteiger charge is -2.19. The van der Waals surface area contributed by atoms with Crippen molar-refractivity contribution in [1.82, 2.24) is 10.2 Å². The molecule has 3 amide bonds. The summed E-state index contributed by atoms with van der Waals surface area (Å²) in [7, 11) is 0. The Bertz CT molecular complexity index is 538. The highest BCUT2D eigenvalue weighted by atomic mass is 16.5. The van der Waals surface area contributed by atoms with Crippen molar-refractivity contribution in [3.05, 3.63) is 29.3 Å². The summed E-state index contributed by atoms with van der Waals surface area (Å²) in [6, 6.07) is 4.77. The van der Waals surface area contributed by atoms with Crippen LogP contribution in [0.5, 0.6) is 5.75 Å². The van der Waals surface area contributed by atoms with Crippen LogP contribution in [0.15, 0.2) is 18.2 Å². The van der Waals surface area contributed by atoms with Crippen molar-refractivity contribution in [2.24, 2.45) is 0 Å². The second-order valence-electron chi connectivity index (χ2n) is 5.31. The quantitative estimate of drug-likeness (QED) is 0.793. The minimum Gasteiger partial charge on any atom is -0.490 e. The summed E-state index contributed by atoms with van der Waals surface area (Å²) in [5.41, 5.74) is 1.96. The fourth-order valence-electron chi connectivity index (χ4n) is 2.30. The molecule has 0 aromatic heterocycles. The van der Waals surface area contributed by atoms with Gasteiger partial charge in [-0.25, -0.2) is 4.79 Å². The minimum absolute atomic E-state index is 0.0249. The summed E-state index contributed by atoms with van der Waals surface area (Å²) in [5.74, 6) is 0.397. The molecule has 1 heterocycles. The lowest BCUT2D eigenvalue weighted by molar-refractivity contribution is -0.128. The second-order valence-corrected chi connectivity index (χ2v) is 5.31. The maximum Gasteiger partial charge on any atom is 0.324 e. The molecule has 0 spiro atoms. The van der Waals surface area contributed by atoms with Gasteiger partial charge in [0.05, 0.1) is 6.54 Å². The second kappa shape index (κ2) is 6.13. The fourth-order valence-corrected chi connectivity index (χ4v) is 2.30. The van der Waals surface area contributed by atoms with E-state index in [2.05, 4.69) is 5.32 Å². The summed E-state index contributed by atoms with van der Waals surface area (Å²) in [6.07, 6.45) is -0.927. The van der Waals surface area contributed by atoms with E-state index in [1.165, 1.54) is 0 Å². The van der Waals surface area contributed by atoms with E-state index in [4.69, 9.17) is 4.74 Å². The van der Waals surface area contributed by atoms with Gasteiger partial charge in [-0.1, -0.05) is 18.2 Å². The number of amides is 3. The van der Waals surface area contributed by atoms with Crippen LogP contribution < -0.4 is 10.1 Å². The number of benzene rings is 1. The van der Waals surface area contributed by atoms with E-state index in [0.717, 1.165) is 21.8 Å². The Labute approximate surface area is 123 Å². The van der Waals surface area contributed by atoms with Crippen LogP contribution in [0.25, 0.3) is 0 Å². The third-order valence-electron chi connectivity index (χ3n) is 3.44. The van der Waals surface area contributed by atoms with Gasteiger partial charge in [-0.2, -0.15) is 0 Å². The number of aliphatic hydroxyl groups is 1. The minimum atomic E-state index is -0.927. The van der Waals surface area contributed by atoms with E-state index in [1.807, 2.05) is 32.0 Å². The summed E-state index contributed by atoms with van der Waals surface area (Å²) in [4.78, 5) is 24.3. The molecule has 1 aromatic rings. The summed E-state index contributed by atoms with van der Waals surface area (Å²) in [6.45, 7) is 5.42. The Hall–Kier alpha value is -2.08. The highest BCUT2D eigenvalue weighted by Crippen LogP contribution is 2.22. The molecule has 2 N–H and O–H groups in total. The molecule has 1 saturated heterocycles. The number of para-hydroxylation sites is 1. The Morgan fingerprint density at radius 1 is 1.33 bits per heavy atom. The smallest absolute Gasteiger partial charge is 0.324 e. The van der Waals surface area contributed by atoms with Crippen molar-refractivity contribution >= 4 is 11.9 Å². The van der Waals surface area contributed by atoms with Crippen LogP contribution in [0.2, 0.25) is 0 Å². The van der Waals surface area contributed by atoms with Crippen molar-refractivity contribution in [3.8, 4) is 5.75 Å². The number of aliphatic hydroxyl groups excluding tert-OH is 1. The topological polar surface area (TPSA) is 78.9 Å². The van der Waals surface area contributed by atoms with Crippen molar-refractivity contribution in [2.45, 2.75) is 32.9 Å². The average Bonchev–Trinajstić information content (AvgIpc) is 2.65. The predicted molar refractivity (Wildman–Crippen MR) is 77.1 cm³/mol. The molecule has 1 aliphatic heterocycles. The van der Waals surface area contributed by atoms with Crippen molar-refractivity contribution in [2.75, 3.05) is 13.2 Å². The molecule has 0 aliphatic carbocycles. The fraction of sp³-hybridized carbons (Fsp3) is 0.467. The molecular weight excluding hydrogens is 272 g/mol. The molecule has 1 aliphatic rings. The zero-order valence-electron chi connectivity index (χ0n) is 12.4. The molecule has 1 aromatic carbocycles. The van der Waals surface area contributed by atoms with Crippen molar-refractivity contribution in [3.63, 3.8) is 0 Å². The standard InChI is InChI=1S/C15H20N2O4/c1-9-5-4-6-10(2)13(9)21-8-12(18)7-17-14(19)11(3)16-15(17)20/h4-6,11-12,18H,7-8H2,1-3H3,(H,16,20)/t11-,12+/m1/s1. The summed E-state index contributed by atoms with van der Waals surface area (Å²) in [5, 5.41) is 12.5. The largest absolute Gasteiger partial charge is 0.490 e. The van der Waals surface area contributed by atoms with Gasteiger partial charge in [-0.3, -0.25) is 9.69 Å². The van der Waals surface area contributed by atoms with Crippen LogP contribution in [0.1, 0.15) is 18.1 Å². The molecule has 1 fully saturated rings. The molecule has 6 heteroatoms. The van der Waals surface area contributed by atoms with E-state index >= 15 is 0 Å². The molecule has 0 bridgehead atoms. The molecule has 114 valence electrons. The Balaban J connectivity index is 1.92. The highest BCUT2D eigenvalue weighted by molar-refractivity contribution is 6.03. The average molecular weight is 292 g/mol. The third kappa shape index (κ3) is 3.33. The number of imide groups is 1. The zero-order valence-corrected chi connectivity index (χ0v) is 12.4. The number of rotatable bonds is 5. The Kier molecular flexibility index (Phi) is 4.47. The molecular formula is C15H20N2O4. The lowest BCUT2D eigenvalue weighted by atomic mass is 10.1. The number of carbonyl (C=O) groups is 2. The summed E-state index contributed by atoms with van der Waals surface area (Å²) >= 11 is 0. The third-order valence-corrected chi connectivity index (χ3v) is 3.44. The number of hydrogen-bond acceptors (Lipinski definition) is 4. The van der Waals surface area contributed by atoms with Gasteiger partial charge in [-0.05, 0) is 31.9 Å².